The standard InChI is InChI=1S/C31H36N2P/c1-6-31(7-2)14-12-21(13-15-31)23-16-25-29-27(18-23)34(5)26-17-22-10-8-9-11-24(22)20(3)28(26)30(29)33(4)19-32-25/h8-11,16-19,21H,6-7,12-15H2,1-5H3/q+1. The van der Waals surface area contributed by atoms with E-state index < -0.39 is 7.92 Å². The van der Waals surface area contributed by atoms with Crippen molar-refractivity contribution in [3.63, 3.8) is 0 Å². The van der Waals surface area contributed by atoms with Gasteiger partial charge in [-0.15, -0.1) is 0 Å². The smallest absolute Gasteiger partial charge is 0.232 e. The second kappa shape index (κ2) is 8.13. The minimum atomic E-state index is -0.430. The molecule has 1 aromatic heterocycles. The Morgan fingerprint density at radius 2 is 1.76 bits per heavy atom. The third kappa shape index (κ3) is 3.18. The lowest BCUT2D eigenvalue weighted by Gasteiger charge is -2.39. The van der Waals surface area contributed by atoms with Crippen LogP contribution in [0.4, 0.5) is 0 Å². The van der Waals surface area contributed by atoms with E-state index in [9.17, 15) is 0 Å². The van der Waals surface area contributed by atoms with Crippen molar-refractivity contribution in [1.29, 1.82) is 0 Å². The summed E-state index contributed by atoms with van der Waals surface area (Å²) < 4.78 is 2.26. The predicted octanol–water partition coefficient (Wildman–Crippen LogP) is 7.03. The Bertz CT molecular complexity index is 1420. The van der Waals surface area contributed by atoms with E-state index in [-0.39, 0.29) is 0 Å². The van der Waals surface area contributed by atoms with E-state index in [1.165, 1.54) is 93.2 Å². The van der Waals surface area contributed by atoms with Crippen LogP contribution in [0.2, 0.25) is 0 Å². The molecule has 174 valence electrons. The third-order valence-corrected chi connectivity index (χ3v) is 11.5. The van der Waals surface area contributed by atoms with Crippen LogP contribution in [0.15, 0.2) is 48.8 Å². The van der Waals surface area contributed by atoms with Gasteiger partial charge in [-0.1, -0.05) is 51.0 Å². The first kappa shape index (κ1) is 22.2. The summed E-state index contributed by atoms with van der Waals surface area (Å²) in [4.78, 5) is 4.97. The van der Waals surface area contributed by atoms with Crippen molar-refractivity contribution in [3.05, 3.63) is 59.9 Å². The second-order valence-electron chi connectivity index (χ2n) is 10.8. The zero-order valence-corrected chi connectivity index (χ0v) is 22.2. The Kier molecular flexibility index (Phi) is 5.30. The van der Waals surface area contributed by atoms with Crippen LogP contribution in [0.5, 0.6) is 0 Å². The van der Waals surface area contributed by atoms with Crippen molar-refractivity contribution in [1.82, 2.24) is 4.98 Å². The fourth-order valence-electron chi connectivity index (χ4n) is 6.89. The molecule has 2 aliphatic rings. The molecule has 0 radical (unpaired) electrons. The molecule has 1 fully saturated rings. The van der Waals surface area contributed by atoms with Gasteiger partial charge in [-0.05, 0) is 114 Å². The summed E-state index contributed by atoms with van der Waals surface area (Å²) in [6.45, 7) is 9.56. The van der Waals surface area contributed by atoms with Gasteiger partial charge in [-0.2, -0.15) is 0 Å². The van der Waals surface area contributed by atoms with Gasteiger partial charge >= 0.3 is 0 Å². The quantitative estimate of drug-likeness (QED) is 0.233. The Morgan fingerprint density at radius 1 is 1.03 bits per heavy atom. The lowest BCUT2D eigenvalue weighted by atomic mass is 9.66. The van der Waals surface area contributed by atoms with Crippen LogP contribution in [0, 0.1) is 12.3 Å². The summed E-state index contributed by atoms with van der Waals surface area (Å²) in [6, 6.07) is 16.4. The second-order valence-corrected chi connectivity index (χ2v) is 12.9. The molecular weight excluding hydrogens is 431 g/mol. The molecule has 1 aliphatic heterocycles. The predicted molar refractivity (Wildman–Crippen MR) is 147 cm³/mol. The van der Waals surface area contributed by atoms with Crippen LogP contribution in [0.3, 0.4) is 0 Å². The average Bonchev–Trinajstić information content (AvgIpc) is 2.88. The van der Waals surface area contributed by atoms with E-state index in [0.717, 1.165) is 0 Å². The molecule has 1 atom stereocenters. The molecule has 1 aliphatic carbocycles. The lowest BCUT2D eigenvalue weighted by Crippen LogP contribution is -2.37. The number of benzene rings is 3. The molecule has 1 unspecified atom stereocenters. The molecule has 34 heavy (non-hydrogen) atoms. The molecule has 2 heterocycles. The average molecular weight is 468 g/mol. The maximum Gasteiger partial charge on any atom is 0.287 e. The van der Waals surface area contributed by atoms with Crippen LogP contribution in [-0.2, 0) is 7.05 Å². The van der Waals surface area contributed by atoms with Gasteiger partial charge in [0.15, 0.2) is 5.52 Å². The van der Waals surface area contributed by atoms with Crippen molar-refractivity contribution in [2.24, 2.45) is 12.5 Å². The molecule has 0 saturated heterocycles. The van der Waals surface area contributed by atoms with Crippen molar-refractivity contribution in [3.8, 4) is 11.3 Å². The Hall–Kier alpha value is -2.31. The molecule has 6 rings (SSSR count). The highest BCUT2D eigenvalue weighted by Crippen LogP contribution is 2.49. The summed E-state index contributed by atoms with van der Waals surface area (Å²) >= 11 is 0. The highest BCUT2D eigenvalue weighted by Gasteiger charge is 2.36. The summed E-state index contributed by atoms with van der Waals surface area (Å²) in [5, 5.41) is 7.18. The zero-order chi connectivity index (χ0) is 23.6. The molecule has 3 aromatic carbocycles. The minimum Gasteiger partial charge on any atom is -0.232 e. The lowest BCUT2D eigenvalue weighted by molar-refractivity contribution is -0.662. The van der Waals surface area contributed by atoms with Crippen molar-refractivity contribution < 1.29 is 4.57 Å². The van der Waals surface area contributed by atoms with E-state index in [1.54, 1.807) is 0 Å². The molecule has 0 bridgehead atoms. The van der Waals surface area contributed by atoms with E-state index in [2.05, 4.69) is 81.5 Å². The summed E-state index contributed by atoms with van der Waals surface area (Å²) in [7, 11) is 1.73. The van der Waals surface area contributed by atoms with Crippen LogP contribution < -0.4 is 15.2 Å². The first-order chi connectivity index (χ1) is 16.5. The van der Waals surface area contributed by atoms with Gasteiger partial charge in [0.05, 0.1) is 12.4 Å². The molecule has 0 amide bonds. The van der Waals surface area contributed by atoms with Gasteiger partial charge in [0, 0.05) is 5.56 Å². The highest BCUT2D eigenvalue weighted by atomic mass is 31.1. The van der Waals surface area contributed by atoms with Crippen LogP contribution in [0.25, 0.3) is 32.9 Å². The number of nitrogens with zero attached hydrogens (tertiary/aromatic N) is 2. The van der Waals surface area contributed by atoms with Gasteiger partial charge in [-0.3, -0.25) is 0 Å². The van der Waals surface area contributed by atoms with Gasteiger partial charge in [-0.25, -0.2) is 4.57 Å². The van der Waals surface area contributed by atoms with Crippen LogP contribution in [0.1, 0.15) is 69.4 Å². The number of rotatable bonds is 3. The minimum absolute atomic E-state index is 0.430. The van der Waals surface area contributed by atoms with Crippen molar-refractivity contribution >= 4 is 40.2 Å². The normalized spacial score (nSPS) is 19.5. The highest BCUT2D eigenvalue weighted by molar-refractivity contribution is 7.73. The van der Waals surface area contributed by atoms with Gasteiger partial charge < -0.3 is 0 Å². The maximum absolute atomic E-state index is 4.97. The monoisotopic (exact) mass is 467 g/mol. The molecular formula is C31H36N2P+. The van der Waals surface area contributed by atoms with Crippen molar-refractivity contribution in [2.75, 3.05) is 6.66 Å². The molecule has 2 nitrogen and oxygen atoms in total. The topological polar surface area (TPSA) is 16.8 Å². The number of aryl methyl sites for hydroxylation is 2. The molecule has 0 spiro atoms. The third-order valence-electron chi connectivity index (χ3n) is 9.34. The molecule has 3 heteroatoms. The van der Waals surface area contributed by atoms with E-state index in [0.29, 0.717) is 11.3 Å². The number of fused-ring (bicyclic) bond motifs is 3. The van der Waals surface area contributed by atoms with Crippen molar-refractivity contribution in [2.45, 2.75) is 65.2 Å². The SMILES string of the molecule is CCC1(CC)CCC(c2cc3c4c([n+](C)cnc4c2)-c2c(cc4ccccc4c2C)P3C)CC1. The fraction of sp³-hybridized carbons (Fsp3) is 0.419. The first-order valence-corrected chi connectivity index (χ1v) is 14.8. The molecule has 1 saturated carbocycles. The van der Waals surface area contributed by atoms with E-state index in [1.807, 2.05) is 6.33 Å². The fourth-order valence-corrected chi connectivity index (χ4v) is 8.99. The molecule has 0 N–H and O–H groups in total. The number of hydrogen-bond acceptors (Lipinski definition) is 1. The van der Waals surface area contributed by atoms with Gasteiger partial charge in [0.2, 0.25) is 0 Å². The van der Waals surface area contributed by atoms with Gasteiger partial charge in [0.25, 0.3) is 6.33 Å². The Balaban J connectivity index is 1.54. The summed E-state index contributed by atoms with van der Waals surface area (Å²) in [5.74, 6) is 0.675. The Morgan fingerprint density at radius 3 is 2.50 bits per heavy atom. The summed E-state index contributed by atoms with van der Waals surface area (Å²) in [5.41, 5.74) is 7.50. The summed E-state index contributed by atoms with van der Waals surface area (Å²) in [6.07, 6.45) is 10.1. The maximum atomic E-state index is 4.97. The van der Waals surface area contributed by atoms with E-state index in [4.69, 9.17) is 4.98 Å². The Labute approximate surface area is 205 Å². The zero-order valence-electron chi connectivity index (χ0n) is 21.3. The van der Waals surface area contributed by atoms with E-state index >= 15 is 0 Å². The van der Waals surface area contributed by atoms with Gasteiger partial charge in [0.1, 0.15) is 5.69 Å². The number of hydrogen-bond donors (Lipinski definition) is 0. The first-order valence-electron chi connectivity index (χ1n) is 13.0. The molecule has 4 aromatic rings. The number of aromatic nitrogens is 2. The largest absolute Gasteiger partial charge is 0.287 e. The van der Waals surface area contributed by atoms with Crippen LogP contribution >= 0.6 is 7.92 Å². The van der Waals surface area contributed by atoms with Crippen LogP contribution in [-0.4, -0.2) is 11.6 Å².